The molecule has 0 atom stereocenters. The van der Waals surface area contributed by atoms with E-state index >= 15 is 0 Å². The van der Waals surface area contributed by atoms with Crippen LogP contribution in [0.15, 0.2) is 89.6 Å². The number of hydrogen-bond donors (Lipinski definition) is 0. The quantitative estimate of drug-likeness (QED) is 0.478. The Bertz CT molecular complexity index is 1150. The third-order valence-corrected chi connectivity index (χ3v) is 4.82. The van der Waals surface area contributed by atoms with Gasteiger partial charge in [-0.2, -0.15) is 0 Å². The standard InChI is InChI=1S/C25H20N2O3/c1-17-8-14-21(15-9-17)27-23(19-6-4-3-5-7-19)26-22(24(27)28)16-18-10-12-20(13-11-18)25(29)30-2/h3-16H,1-2H3/b22-16+. The van der Waals surface area contributed by atoms with Gasteiger partial charge in [-0.25, -0.2) is 9.79 Å². The van der Waals surface area contributed by atoms with Crippen molar-refractivity contribution < 1.29 is 14.3 Å². The lowest BCUT2D eigenvalue weighted by Gasteiger charge is -2.18. The van der Waals surface area contributed by atoms with Gasteiger partial charge in [-0.15, -0.1) is 0 Å². The van der Waals surface area contributed by atoms with E-state index in [2.05, 4.69) is 4.99 Å². The number of rotatable bonds is 4. The average molecular weight is 396 g/mol. The second-order valence-electron chi connectivity index (χ2n) is 6.92. The van der Waals surface area contributed by atoms with Crippen molar-refractivity contribution in [2.45, 2.75) is 6.92 Å². The number of amides is 1. The predicted octanol–water partition coefficient (Wildman–Crippen LogP) is 4.62. The van der Waals surface area contributed by atoms with Gasteiger partial charge >= 0.3 is 5.97 Å². The minimum absolute atomic E-state index is 0.199. The Balaban J connectivity index is 1.74. The Kier molecular flexibility index (Phi) is 5.26. The number of hydrogen-bond acceptors (Lipinski definition) is 4. The second kappa shape index (κ2) is 8.17. The first kappa shape index (κ1) is 19.3. The molecule has 0 aliphatic carbocycles. The highest BCUT2D eigenvalue weighted by Crippen LogP contribution is 2.28. The number of carbonyl (C=O) groups is 2. The molecule has 1 aliphatic heterocycles. The van der Waals surface area contributed by atoms with Gasteiger partial charge in [0.05, 0.1) is 18.4 Å². The summed E-state index contributed by atoms with van der Waals surface area (Å²) in [5, 5.41) is 0. The van der Waals surface area contributed by atoms with E-state index in [-0.39, 0.29) is 5.91 Å². The summed E-state index contributed by atoms with van der Waals surface area (Å²) in [6.45, 7) is 2.01. The molecule has 0 saturated heterocycles. The van der Waals surface area contributed by atoms with Gasteiger partial charge in [-0.3, -0.25) is 9.69 Å². The summed E-state index contributed by atoms with van der Waals surface area (Å²) < 4.78 is 4.72. The van der Waals surface area contributed by atoms with Crippen molar-refractivity contribution in [3.8, 4) is 0 Å². The summed E-state index contributed by atoms with van der Waals surface area (Å²) in [5.41, 5.74) is 4.29. The molecule has 3 aromatic rings. The zero-order chi connectivity index (χ0) is 21.1. The van der Waals surface area contributed by atoms with E-state index in [0.717, 1.165) is 22.4 Å². The van der Waals surface area contributed by atoms with Crippen LogP contribution in [0.3, 0.4) is 0 Å². The van der Waals surface area contributed by atoms with Crippen molar-refractivity contribution in [1.29, 1.82) is 0 Å². The Hall–Kier alpha value is -3.99. The number of carbonyl (C=O) groups excluding carboxylic acids is 2. The molecule has 0 spiro atoms. The molecule has 148 valence electrons. The third-order valence-electron chi connectivity index (χ3n) is 4.82. The first-order valence-corrected chi connectivity index (χ1v) is 9.52. The molecule has 0 radical (unpaired) electrons. The van der Waals surface area contributed by atoms with Crippen molar-refractivity contribution in [2.24, 2.45) is 4.99 Å². The molecular formula is C25H20N2O3. The molecular weight excluding hydrogens is 376 g/mol. The maximum Gasteiger partial charge on any atom is 0.337 e. The fourth-order valence-corrected chi connectivity index (χ4v) is 3.22. The zero-order valence-electron chi connectivity index (χ0n) is 16.7. The summed E-state index contributed by atoms with van der Waals surface area (Å²) >= 11 is 0. The van der Waals surface area contributed by atoms with Crippen molar-refractivity contribution in [1.82, 2.24) is 0 Å². The molecule has 0 N–H and O–H groups in total. The Morgan fingerprint density at radius 3 is 2.23 bits per heavy atom. The van der Waals surface area contributed by atoms with Crippen LogP contribution in [-0.2, 0) is 9.53 Å². The highest BCUT2D eigenvalue weighted by molar-refractivity contribution is 6.33. The maximum absolute atomic E-state index is 13.3. The first-order valence-electron chi connectivity index (χ1n) is 9.52. The molecule has 0 saturated carbocycles. The van der Waals surface area contributed by atoms with Crippen molar-refractivity contribution >= 4 is 29.5 Å². The number of anilines is 1. The SMILES string of the molecule is COC(=O)c1ccc(/C=C2/N=C(c3ccccc3)N(c3ccc(C)cc3)C2=O)cc1. The smallest absolute Gasteiger partial charge is 0.337 e. The van der Waals surface area contributed by atoms with Crippen molar-refractivity contribution in [3.63, 3.8) is 0 Å². The molecule has 0 unspecified atom stereocenters. The van der Waals surface area contributed by atoms with Crippen LogP contribution in [0.1, 0.15) is 27.0 Å². The van der Waals surface area contributed by atoms with Crippen LogP contribution in [0, 0.1) is 6.92 Å². The number of aliphatic imine (C=N–C) groups is 1. The highest BCUT2D eigenvalue weighted by atomic mass is 16.5. The van der Waals surface area contributed by atoms with Gasteiger partial charge in [0, 0.05) is 5.56 Å². The molecule has 1 amide bonds. The molecule has 5 nitrogen and oxygen atoms in total. The molecule has 0 bridgehead atoms. The number of aryl methyl sites for hydroxylation is 1. The lowest BCUT2D eigenvalue weighted by molar-refractivity contribution is -0.113. The lowest BCUT2D eigenvalue weighted by atomic mass is 10.1. The van der Waals surface area contributed by atoms with E-state index in [1.165, 1.54) is 7.11 Å². The zero-order valence-corrected chi connectivity index (χ0v) is 16.7. The minimum atomic E-state index is -0.402. The molecule has 1 heterocycles. The van der Waals surface area contributed by atoms with E-state index in [9.17, 15) is 9.59 Å². The van der Waals surface area contributed by atoms with E-state index in [0.29, 0.717) is 17.1 Å². The van der Waals surface area contributed by atoms with E-state index in [1.54, 1.807) is 35.2 Å². The topological polar surface area (TPSA) is 59.0 Å². The molecule has 0 fully saturated rings. The molecule has 3 aromatic carbocycles. The summed E-state index contributed by atoms with van der Waals surface area (Å²) in [4.78, 5) is 31.2. The van der Waals surface area contributed by atoms with E-state index < -0.39 is 5.97 Å². The number of nitrogens with zero attached hydrogens (tertiary/aromatic N) is 2. The molecule has 0 aromatic heterocycles. The van der Waals surface area contributed by atoms with Crippen molar-refractivity contribution in [3.05, 3.63) is 107 Å². The summed E-state index contributed by atoms with van der Waals surface area (Å²) in [7, 11) is 1.34. The highest BCUT2D eigenvalue weighted by Gasteiger charge is 2.32. The summed E-state index contributed by atoms with van der Waals surface area (Å²) in [6, 6.07) is 24.3. The van der Waals surface area contributed by atoms with Gasteiger partial charge < -0.3 is 4.74 Å². The van der Waals surface area contributed by atoms with Crippen LogP contribution >= 0.6 is 0 Å². The fourth-order valence-electron chi connectivity index (χ4n) is 3.22. The van der Waals surface area contributed by atoms with Crippen LogP contribution in [0.2, 0.25) is 0 Å². The number of esters is 1. The largest absolute Gasteiger partial charge is 0.465 e. The van der Waals surface area contributed by atoms with E-state index in [4.69, 9.17) is 4.74 Å². The number of amidine groups is 1. The van der Waals surface area contributed by atoms with Gasteiger partial charge in [-0.05, 0) is 42.8 Å². The molecule has 1 aliphatic rings. The number of methoxy groups -OCH3 is 1. The minimum Gasteiger partial charge on any atom is -0.465 e. The first-order chi connectivity index (χ1) is 14.6. The summed E-state index contributed by atoms with van der Waals surface area (Å²) in [5.74, 6) is -0.0160. The van der Waals surface area contributed by atoms with Crippen LogP contribution in [0.4, 0.5) is 5.69 Å². The lowest BCUT2D eigenvalue weighted by Crippen LogP contribution is -2.32. The molecule has 4 rings (SSSR count). The Labute approximate surface area is 174 Å². The third kappa shape index (κ3) is 3.78. The second-order valence-corrected chi connectivity index (χ2v) is 6.92. The number of benzene rings is 3. The van der Waals surface area contributed by atoms with Gasteiger partial charge in [0.2, 0.25) is 0 Å². The van der Waals surface area contributed by atoms with E-state index in [1.807, 2.05) is 61.5 Å². The Morgan fingerprint density at radius 2 is 1.60 bits per heavy atom. The van der Waals surface area contributed by atoms with Crippen LogP contribution in [0.5, 0.6) is 0 Å². The molecule has 30 heavy (non-hydrogen) atoms. The summed E-state index contributed by atoms with van der Waals surface area (Å²) in [6.07, 6.45) is 1.72. The van der Waals surface area contributed by atoms with Gasteiger partial charge in [0.15, 0.2) is 0 Å². The monoisotopic (exact) mass is 396 g/mol. The average Bonchev–Trinajstić information content (AvgIpc) is 3.11. The molecule has 5 heteroatoms. The maximum atomic E-state index is 13.3. The fraction of sp³-hybridized carbons (Fsp3) is 0.0800. The predicted molar refractivity (Wildman–Crippen MR) is 117 cm³/mol. The van der Waals surface area contributed by atoms with Crippen LogP contribution < -0.4 is 4.90 Å². The van der Waals surface area contributed by atoms with Gasteiger partial charge in [0.1, 0.15) is 11.5 Å². The normalized spacial score (nSPS) is 14.7. The number of ether oxygens (including phenoxy) is 1. The van der Waals surface area contributed by atoms with Gasteiger partial charge in [0.25, 0.3) is 5.91 Å². The van der Waals surface area contributed by atoms with Crippen LogP contribution in [-0.4, -0.2) is 24.8 Å². The van der Waals surface area contributed by atoms with Crippen LogP contribution in [0.25, 0.3) is 6.08 Å². The van der Waals surface area contributed by atoms with Gasteiger partial charge in [-0.1, -0.05) is 60.2 Å². The Morgan fingerprint density at radius 1 is 0.933 bits per heavy atom. The van der Waals surface area contributed by atoms with Crippen molar-refractivity contribution in [2.75, 3.05) is 12.0 Å².